The SMILES string of the molecule is CC[C@H](C(=O)N[C@@H](C)CC)N(Cc1ccccc1Cl)C(=O)CN(c1cc(Cl)ccc1C)S(C)(=O)=O. The lowest BCUT2D eigenvalue weighted by Gasteiger charge is -2.33. The third-order valence-corrected chi connectivity index (χ3v) is 7.53. The van der Waals surface area contributed by atoms with Crippen molar-refractivity contribution in [2.75, 3.05) is 17.1 Å². The number of carbonyl (C=O) groups excluding carboxylic acids is 2. The molecule has 0 spiro atoms. The topological polar surface area (TPSA) is 86.8 Å². The van der Waals surface area contributed by atoms with Gasteiger partial charge in [-0.3, -0.25) is 13.9 Å². The molecule has 0 aliphatic heterocycles. The zero-order valence-electron chi connectivity index (χ0n) is 20.7. The van der Waals surface area contributed by atoms with E-state index in [9.17, 15) is 18.0 Å². The van der Waals surface area contributed by atoms with Gasteiger partial charge in [-0.15, -0.1) is 0 Å². The van der Waals surface area contributed by atoms with Gasteiger partial charge in [-0.25, -0.2) is 8.42 Å². The number of benzene rings is 2. The molecule has 2 atom stereocenters. The van der Waals surface area contributed by atoms with E-state index in [0.29, 0.717) is 33.3 Å². The van der Waals surface area contributed by atoms with Crippen molar-refractivity contribution in [3.8, 4) is 0 Å². The molecule has 0 saturated heterocycles. The minimum absolute atomic E-state index is 0.0526. The first-order chi connectivity index (χ1) is 16.4. The summed E-state index contributed by atoms with van der Waals surface area (Å²) in [4.78, 5) is 28.2. The van der Waals surface area contributed by atoms with E-state index in [0.717, 1.165) is 17.0 Å². The van der Waals surface area contributed by atoms with E-state index in [1.54, 1.807) is 43.3 Å². The molecule has 0 saturated carbocycles. The van der Waals surface area contributed by atoms with Gasteiger partial charge in [-0.2, -0.15) is 0 Å². The second kappa shape index (κ2) is 12.6. The second-order valence-electron chi connectivity index (χ2n) is 8.56. The summed E-state index contributed by atoms with van der Waals surface area (Å²) >= 11 is 12.5. The van der Waals surface area contributed by atoms with Gasteiger partial charge in [0.05, 0.1) is 11.9 Å². The highest BCUT2D eigenvalue weighted by Gasteiger charge is 2.32. The Morgan fingerprint density at radius 1 is 1.06 bits per heavy atom. The van der Waals surface area contributed by atoms with Crippen LogP contribution < -0.4 is 9.62 Å². The molecule has 0 bridgehead atoms. The molecule has 0 unspecified atom stereocenters. The Hall–Kier alpha value is -2.29. The molecule has 0 aromatic heterocycles. The molecule has 0 aliphatic rings. The normalized spacial score (nSPS) is 13.1. The monoisotopic (exact) mass is 541 g/mol. The van der Waals surface area contributed by atoms with Crippen molar-refractivity contribution < 1.29 is 18.0 Å². The first-order valence-corrected chi connectivity index (χ1v) is 14.1. The largest absolute Gasteiger partial charge is 0.352 e. The molecule has 0 fully saturated rings. The highest BCUT2D eigenvalue weighted by molar-refractivity contribution is 7.92. The molecule has 2 aromatic rings. The van der Waals surface area contributed by atoms with Gasteiger partial charge in [0.15, 0.2) is 0 Å². The van der Waals surface area contributed by atoms with Crippen molar-refractivity contribution in [3.63, 3.8) is 0 Å². The molecule has 7 nitrogen and oxygen atoms in total. The van der Waals surface area contributed by atoms with E-state index in [2.05, 4.69) is 5.32 Å². The standard InChI is InChI=1S/C25H33Cl2N3O4S/c1-6-18(4)28-25(32)22(7-2)29(15-19-10-8-9-11-21(19)27)24(31)16-30(35(5,33)34)23-14-20(26)13-12-17(23)3/h8-14,18,22H,6-7,15-16H2,1-5H3,(H,28,32)/t18-,22+/m0/s1. The molecule has 0 aliphatic carbocycles. The summed E-state index contributed by atoms with van der Waals surface area (Å²) in [7, 11) is -3.84. The van der Waals surface area contributed by atoms with Crippen LogP contribution in [-0.4, -0.2) is 50.0 Å². The van der Waals surface area contributed by atoms with E-state index in [1.807, 2.05) is 20.8 Å². The molecule has 0 radical (unpaired) electrons. The van der Waals surface area contributed by atoms with Crippen LogP contribution in [0, 0.1) is 6.92 Å². The predicted molar refractivity (Wildman–Crippen MR) is 142 cm³/mol. The van der Waals surface area contributed by atoms with Crippen LogP contribution in [0.1, 0.15) is 44.7 Å². The van der Waals surface area contributed by atoms with Crippen LogP contribution in [0.3, 0.4) is 0 Å². The Morgan fingerprint density at radius 3 is 2.29 bits per heavy atom. The van der Waals surface area contributed by atoms with Crippen LogP contribution in [0.5, 0.6) is 0 Å². The van der Waals surface area contributed by atoms with Crippen LogP contribution in [0.4, 0.5) is 5.69 Å². The third-order valence-electron chi connectivity index (χ3n) is 5.80. The van der Waals surface area contributed by atoms with Gasteiger partial charge in [-0.05, 0) is 56.0 Å². The van der Waals surface area contributed by atoms with E-state index in [4.69, 9.17) is 23.2 Å². The molecule has 10 heteroatoms. The molecule has 0 heterocycles. The first-order valence-electron chi connectivity index (χ1n) is 11.5. The highest BCUT2D eigenvalue weighted by Crippen LogP contribution is 2.27. The number of halogens is 2. The number of nitrogens with zero attached hydrogens (tertiary/aromatic N) is 2. The average molecular weight is 543 g/mol. The van der Waals surface area contributed by atoms with Gasteiger partial charge in [-0.1, -0.05) is 61.3 Å². The van der Waals surface area contributed by atoms with E-state index in [-0.39, 0.29) is 18.5 Å². The zero-order valence-corrected chi connectivity index (χ0v) is 23.0. The Bertz CT molecular complexity index is 1160. The molecule has 35 heavy (non-hydrogen) atoms. The Labute approximate surface area is 218 Å². The molecular formula is C25H33Cl2N3O4S. The lowest BCUT2D eigenvalue weighted by Crippen LogP contribution is -2.53. The van der Waals surface area contributed by atoms with Crippen LogP contribution in [0.15, 0.2) is 42.5 Å². The third kappa shape index (κ3) is 7.85. The second-order valence-corrected chi connectivity index (χ2v) is 11.3. The van der Waals surface area contributed by atoms with Crippen LogP contribution >= 0.6 is 23.2 Å². The maximum Gasteiger partial charge on any atom is 0.244 e. The van der Waals surface area contributed by atoms with Gasteiger partial charge in [0.1, 0.15) is 12.6 Å². The van der Waals surface area contributed by atoms with Crippen molar-refractivity contribution >= 4 is 50.7 Å². The number of hydrogen-bond acceptors (Lipinski definition) is 4. The summed E-state index contributed by atoms with van der Waals surface area (Å²) in [6, 6.07) is 11.0. The van der Waals surface area contributed by atoms with Gasteiger partial charge < -0.3 is 10.2 Å². The van der Waals surface area contributed by atoms with Crippen molar-refractivity contribution in [1.82, 2.24) is 10.2 Å². The zero-order chi connectivity index (χ0) is 26.3. The summed E-state index contributed by atoms with van der Waals surface area (Å²) in [6.07, 6.45) is 2.11. The van der Waals surface area contributed by atoms with Gasteiger partial charge in [0.2, 0.25) is 21.8 Å². The number of hydrogen-bond donors (Lipinski definition) is 1. The van der Waals surface area contributed by atoms with E-state index in [1.165, 1.54) is 11.0 Å². The number of carbonyl (C=O) groups is 2. The number of aryl methyl sites for hydroxylation is 1. The maximum absolute atomic E-state index is 13.7. The molecule has 1 N–H and O–H groups in total. The fourth-order valence-electron chi connectivity index (χ4n) is 3.62. The maximum atomic E-state index is 13.7. The predicted octanol–water partition coefficient (Wildman–Crippen LogP) is 4.79. The van der Waals surface area contributed by atoms with E-state index < -0.39 is 28.5 Å². The lowest BCUT2D eigenvalue weighted by molar-refractivity contribution is -0.140. The Morgan fingerprint density at radius 2 is 1.71 bits per heavy atom. The molecular weight excluding hydrogens is 509 g/mol. The fourth-order valence-corrected chi connectivity index (χ4v) is 4.88. The smallest absolute Gasteiger partial charge is 0.244 e. The van der Waals surface area contributed by atoms with Crippen LogP contribution in [0.25, 0.3) is 0 Å². The van der Waals surface area contributed by atoms with Crippen molar-refractivity contribution in [2.24, 2.45) is 0 Å². The Kier molecular flexibility index (Phi) is 10.4. The molecule has 2 aromatic carbocycles. The van der Waals surface area contributed by atoms with Crippen molar-refractivity contribution in [2.45, 2.75) is 59.2 Å². The van der Waals surface area contributed by atoms with Crippen LogP contribution in [-0.2, 0) is 26.2 Å². The van der Waals surface area contributed by atoms with Crippen molar-refractivity contribution in [1.29, 1.82) is 0 Å². The first kappa shape index (κ1) is 28.9. The molecule has 192 valence electrons. The quantitative estimate of drug-likeness (QED) is 0.443. The minimum Gasteiger partial charge on any atom is -0.352 e. The van der Waals surface area contributed by atoms with Crippen molar-refractivity contribution in [3.05, 3.63) is 63.6 Å². The highest BCUT2D eigenvalue weighted by atomic mass is 35.5. The van der Waals surface area contributed by atoms with Gasteiger partial charge in [0, 0.05) is 22.6 Å². The minimum atomic E-state index is -3.84. The lowest BCUT2D eigenvalue weighted by atomic mass is 10.1. The molecule has 2 rings (SSSR count). The number of amides is 2. The summed E-state index contributed by atoms with van der Waals surface area (Å²) in [5.41, 5.74) is 1.61. The summed E-state index contributed by atoms with van der Waals surface area (Å²) < 4.78 is 26.5. The molecule has 2 amide bonds. The number of anilines is 1. The summed E-state index contributed by atoms with van der Waals surface area (Å²) in [5, 5.41) is 3.73. The number of sulfonamides is 1. The summed E-state index contributed by atoms with van der Waals surface area (Å²) in [5.74, 6) is -0.826. The van der Waals surface area contributed by atoms with Crippen LogP contribution in [0.2, 0.25) is 10.0 Å². The van der Waals surface area contributed by atoms with Gasteiger partial charge in [0.25, 0.3) is 0 Å². The number of nitrogens with one attached hydrogen (secondary N) is 1. The Balaban J connectivity index is 2.50. The summed E-state index contributed by atoms with van der Waals surface area (Å²) in [6.45, 7) is 6.95. The number of rotatable bonds is 11. The van der Waals surface area contributed by atoms with E-state index >= 15 is 0 Å². The average Bonchev–Trinajstić information content (AvgIpc) is 2.79. The van der Waals surface area contributed by atoms with Gasteiger partial charge >= 0.3 is 0 Å². The fraction of sp³-hybridized carbons (Fsp3) is 0.440.